The SMILES string of the molecule is Cc1cc(NC(=O)C(=O)N2CCCn3c(cc4ccccc43)C2)ccc1N1CCN(C)CC1. The lowest BCUT2D eigenvalue weighted by Crippen LogP contribution is -2.44. The first-order valence-corrected chi connectivity index (χ1v) is 11.7. The van der Waals surface area contributed by atoms with E-state index in [1.807, 2.05) is 30.3 Å². The van der Waals surface area contributed by atoms with Crippen molar-refractivity contribution in [3.05, 3.63) is 59.8 Å². The first kappa shape index (κ1) is 21.5. The number of hydrogen-bond donors (Lipinski definition) is 1. The van der Waals surface area contributed by atoms with Gasteiger partial charge in [0.1, 0.15) is 0 Å². The van der Waals surface area contributed by atoms with Crippen LogP contribution in [0.1, 0.15) is 17.7 Å². The number of rotatable bonds is 2. The largest absolute Gasteiger partial charge is 0.369 e. The summed E-state index contributed by atoms with van der Waals surface area (Å²) in [6.07, 6.45) is 0.823. The Hall–Kier alpha value is -3.32. The number of aryl methyl sites for hydroxylation is 2. The van der Waals surface area contributed by atoms with Gasteiger partial charge < -0.3 is 24.6 Å². The third-order valence-electron chi connectivity index (χ3n) is 6.84. The van der Waals surface area contributed by atoms with Crippen molar-refractivity contribution < 1.29 is 9.59 Å². The Balaban J connectivity index is 1.27. The van der Waals surface area contributed by atoms with E-state index in [2.05, 4.69) is 51.9 Å². The fraction of sp³-hybridized carbons (Fsp3) is 0.385. The zero-order valence-corrected chi connectivity index (χ0v) is 19.4. The number of piperazine rings is 1. The van der Waals surface area contributed by atoms with Crippen LogP contribution in [0.15, 0.2) is 48.5 Å². The zero-order valence-electron chi connectivity index (χ0n) is 19.4. The normalized spacial score (nSPS) is 17.0. The van der Waals surface area contributed by atoms with Crippen molar-refractivity contribution >= 4 is 34.1 Å². The summed E-state index contributed by atoms with van der Waals surface area (Å²) >= 11 is 0. The van der Waals surface area contributed by atoms with Gasteiger partial charge in [-0.15, -0.1) is 0 Å². The molecule has 0 bridgehead atoms. The summed E-state index contributed by atoms with van der Waals surface area (Å²) in [5, 5.41) is 3.99. The van der Waals surface area contributed by atoms with E-state index in [0.29, 0.717) is 18.8 Å². The van der Waals surface area contributed by atoms with E-state index in [-0.39, 0.29) is 0 Å². The molecule has 0 saturated carbocycles. The van der Waals surface area contributed by atoms with Crippen LogP contribution in [0, 0.1) is 6.92 Å². The van der Waals surface area contributed by atoms with Crippen molar-refractivity contribution in [3.63, 3.8) is 0 Å². The molecule has 0 spiro atoms. The third-order valence-corrected chi connectivity index (χ3v) is 6.84. The number of amides is 2. The van der Waals surface area contributed by atoms with Crippen LogP contribution in [0.25, 0.3) is 10.9 Å². The molecular weight excluding hydrogens is 414 g/mol. The van der Waals surface area contributed by atoms with Crippen LogP contribution in [0.2, 0.25) is 0 Å². The Labute approximate surface area is 194 Å². The number of benzene rings is 2. The first-order chi connectivity index (χ1) is 16.0. The van der Waals surface area contributed by atoms with Gasteiger partial charge in [-0.3, -0.25) is 9.59 Å². The topological polar surface area (TPSA) is 60.8 Å². The van der Waals surface area contributed by atoms with E-state index in [9.17, 15) is 9.59 Å². The molecule has 2 aliphatic rings. The van der Waals surface area contributed by atoms with Crippen molar-refractivity contribution in [3.8, 4) is 0 Å². The quantitative estimate of drug-likeness (QED) is 0.616. The van der Waals surface area contributed by atoms with Crippen molar-refractivity contribution in [1.29, 1.82) is 0 Å². The van der Waals surface area contributed by atoms with Crippen molar-refractivity contribution in [1.82, 2.24) is 14.4 Å². The summed E-state index contributed by atoms with van der Waals surface area (Å²) < 4.78 is 2.26. The number of anilines is 2. The summed E-state index contributed by atoms with van der Waals surface area (Å²) in [5.74, 6) is -1.05. The van der Waals surface area contributed by atoms with Crippen molar-refractivity contribution in [2.75, 3.05) is 50.0 Å². The first-order valence-electron chi connectivity index (χ1n) is 11.7. The van der Waals surface area contributed by atoms with Crippen molar-refractivity contribution in [2.45, 2.75) is 26.4 Å². The summed E-state index contributed by atoms with van der Waals surface area (Å²) in [5.41, 5.74) is 5.20. The average Bonchev–Trinajstić information content (AvgIpc) is 3.02. The number of hydrogen-bond acceptors (Lipinski definition) is 4. The predicted molar refractivity (Wildman–Crippen MR) is 131 cm³/mol. The smallest absolute Gasteiger partial charge is 0.313 e. The van der Waals surface area contributed by atoms with Gasteiger partial charge in [-0.25, -0.2) is 0 Å². The maximum absolute atomic E-state index is 13.0. The second-order valence-electron chi connectivity index (χ2n) is 9.17. The van der Waals surface area contributed by atoms with Crippen LogP contribution in [-0.4, -0.2) is 66.0 Å². The second-order valence-corrected chi connectivity index (χ2v) is 9.17. The lowest BCUT2D eigenvalue weighted by atomic mass is 10.1. The average molecular weight is 446 g/mol. The summed E-state index contributed by atoms with van der Waals surface area (Å²) in [4.78, 5) is 32.2. The van der Waals surface area contributed by atoms with E-state index in [4.69, 9.17) is 0 Å². The molecule has 3 aromatic rings. The number of carbonyl (C=O) groups excluding carboxylic acids is 2. The summed E-state index contributed by atoms with van der Waals surface area (Å²) in [7, 11) is 2.14. The van der Waals surface area contributed by atoms with Crippen LogP contribution in [0.3, 0.4) is 0 Å². The molecule has 5 rings (SSSR count). The predicted octanol–water partition coefficient (Wildman–Crippen LogP) is 3.07. The molecule has 1 saturated heterocycles. The van der Waals surface area contributed by atoms with Crippen LogP contribution in [-0.2, 0) is 22.7 Å². The number of nitrogens with one attached hydrogen (secondary N) is 1. The van der Waals surface area contributed by atoms with Gasteiger partial charge in [-0.05, 0) is 61.7 Å². The van der Waals surface area contributed by atoms with Crippen LogP contribution < -0.4 is 10.2 Å². The summed E-state index contributed by atoms with van der Waals surface area (Å²) in [6.45, 7) is 7.99. The highest BCUT2D eigenvalue weighted by Crippen LogP contribution is 2.26. The van der Waals surface area contributed by atoms with E-state index in [1.54, 1.807) is 4.90 Å². The molecule has 1 aromatic heterocycles. The molecule has 2 aliphatic heterocycles. The molecular formula is C26H31N5O2. The molecule has 33 heavy (non-hydrogen) atoms. The van der Waals surface area contributed by atoms with Crippen LogP contribution in [0.5, 0.6) is 0 Å². The molecule has 1 N–H and O–H groups in total. The summed E-state index contributed by atoms with van der Waals surface area (Å²) in [6, 6.07) is 16.3. The molecule has 1 fully saturated rings. The highest BCUT2D eigenvalue weighted by Gasteiger charge is 2.26. The molecule has 172 valence electrons. The zero-order chi connectivity index (χ0) is 22.9. The van der Waals surface area contributed by atoms with Crippen LogP contribution in [0.4, 0.5) is 11.4 Å². The third kappa shape index (κ3) is 4.33. The molecule has 7 nitrogen and oxygen atoms in total. The second kappa shape index (κ2) is 8.90. The number of aromatic nitrogens is 1. The number of likely N-dealkylation sites (N-methyl/N-ethyl adjacent to an activating group) is 1. The van der Waals surface area contributed by atoms with Gasteiger partial charge in [0.05, 0.1) is 6.54 Å². The van der Waals surface area contributed by atoms with Gasteiger partial charge in [-0.1, -0.05) is 18.2 Å². The van der Waals surface area contributed by atoms with Gasteiger partial charge in [-0.2, -0.15) is 0 Å². The Morgan fingerprint density at radius 3 is 2.48 bits per heavy atom. The van der Waals surface area contributed by atoms with Gasteiger partial charge in [0.15, 0.2) is 0 Å². The van der Waals surface area contributed by atoms with E-state index >= 15 is 0 Å². The Morgan fingerprint density at radius 1 is 0.909 bits per heavy atom. The molecule has 2 amide bonds. The molecule has 0 radical (unpaired) electrons. The van der Waals surface area contributed by atoms with E-state index in [1.165, 1.54) is 16.6 Å². The highest BCUT2D eigenvalue weighted by atomic mass is 16.2. The van der Waals surface area contributed by atoms with Gasteiger partial charge in [0.25, 0.3) is 0 Å². The molecule has 0 atom stereocenters. The lowest BCUT2D eigenvalue weighted by molar-refractivity contribution is -0.143. The molecule has 0 unspecified atom stereocenters. The molecule has 0 aliphatic carbocycles. The van der Waals surface area contributed by atoms with Crippen LogP contribution >= 0.6 is 0 Å². The minimum Gasteiger partial charge on any atom is -0.369 e. The molecule has 7 heteroatoms. The van der Waals surface area contributed by atoms with Gasteiger partial charge in [0, 0.05) is 61.9 Å². The standard InChI is InChI=1S/C26H31N5O2/c1-19-16-21(8-9-23(19)29-14-12-28(2)13-15-29)27-25(32)26(33)30-10-5-11-31-22(18-30)17-20-6-3-4-7-24(20)31/h3-4,6-9,16-17H,5,10-15,18H2,1-2H3,(H,27,32). The minimum absolute atomic E-state index is 0.447. The Kier molecular flexibility index (Phi) is 5.81. The highest BCUT2D eigenvalue weighted by molar-refractivity contribution is 6.39. The Bertz CT molecular complexity index is 1190. The van der Waals surface area contributed by atoms with E-state index in [0.717, 1.165) is 50.4 Å². The molecule has 3 heterocycles. The molecule has 2 aromatic carbocycles. The maximum Gasteiger partial charge on any atom is 0.313 e. The van der Waals surface area contributed by atoms with Crippen molar-refractivity contribution in [2.24, 2.45) is 0 Å². The lowest BCUT2D eigenvalue weighted by Gasteiger charge is -2.35. The number of para-hydroxylation sites is 1. The number of fused-ring (bicyclic) bond motifs is 3. The fourth-order valence-electron chi connectivity index (χ4n) is 4.99. The van der Waals surface area contributed by atoms with Gasteiger partial charge >= 0.3 is 11.8 Å². The van der Waals surface area contributed by atoms with Gasteiger partial charge in [0.2, 0.25) is 0 Å². The number of nitrogens with zero attached hydrogens (tertiary/aromatic N) is 4. The Morgan fingerprint density at radius 2 is 1.70 bits per heavy atom. The minimum atomic E-state index is -0.577. The van der Waals surface area contributed by atoms with E-state index < -0.39 is 11.8 Å². The maximum atomic E-state index is 13.0. The number of carbonyl (C=O) groups is 2. The monoisotopic (exact) mass is 445 g/mol. The fourth-order valence-corrected chi connectivity index (χ4v) is 4.99.